The third-order valence-corrected chi connectivity index (χ3v) is 3.47. The second-order valence-corrected chi connectivity index (χ2v) is 4.81. The largest absolute Gasteiger partial charge is 0.256 e. The highest BCUT2D eigenvalue weighted by atomic mass is 19.1. The van der Waals surface area contributed by atoms with Crippen molar-refractivity contribution < 1.29 is 8.78 Å². The number of pyridine rings is 2. The van der Waals surface area contributed by atoms with Crippen molar-refractivity contribution in [1.29, 1.82) is 0 Å². The van der Waals surface area contributed by atoms with Gasteiger partial charge >= 0.3 is 0 Å². The third kappa shape index (κ3) is 1.90. The van der Waals surface area contributed by atoms with Crippen LogP contribution in [0.15, 0.2) is 42.7 Å². The van der Waals surface area contributed by atoms with Gasteiger partial charge in [0.1, 0.15) is 17.2 Å². The Labute approximate surface area is 123 Å². The number of rotatable bonds is 2. The topological polar surface area (TPSA) is 56.5 Å². The summed E-state index contributed by atoms with van der Waals surface area (Å²) in [6.45, 7) is -0.0873. The molecule has 108 valence electrons. The zero-order valence-electron chi connectivity index (χ0n) is 11.2. The Bertz CT molecular complexity index is 996. The lowest BCUT2D eigenvalue weighted by molar-refractivity contribution is 0.538. The maximum Gasteiger partial charge on any atom is 0.178 e. The number of aromatic nitrogens is 5. The van der Waals surface area contributed by atoms with Gasteiger partial charge in [0.15, 0.2) is 5.65 Å². The van der Waals surface area contributed by atoms with Gasteiger partial charge in [-0.05, 0) is 24.3 Å². The van der Waals surface area contributed by atoms with Crippen LogP contribution in [0.25, 0.3) is 22.1 Å². The summed E-state index contributed by atoms with van der Waals surface area (Å²) < 4.78 is 30.1. The molecular formula is C15H9F2N5. The van der Waals surface area contributed by atoms with Gasteiger partial charge in [0.2, 0.25) is 0 Å². The first kappa shape index (κ1) is 12.8. The van der Waals surface area contributed by atoms with Crippen molar-refractivity contribution >= 4 is 22.1 Å². The van der Waals surface area contributed by atoms with E-state index in [0.717, 1.165) is 0 Å². The highest BCUT2D eigenvalue weighted by Gasteiger charge is 2.16. The van der Waals surface area contributed by atoms with Crippen molar-refractivity contribution in [1.82, 2.24) is 25.0 Å². The SMILES string of the molecule is Fc1cc2ncccc2c(F)c1Cn1nnc2cccnc21. The van der Waals surface area contributed by atoms with E-state index in [4.69, 9.17) is 0 Å². The lowest BCUT2D eigenvalue weighted by Crippen LogP contribution is -2.08. The highest BCUT2D eigenvalue weighted by molar-refractivity contribution is 5.80. The Morgan fingerprint density at radius 1 is 1.00 bits per heavy atom. The molecule has 0 saturated heterocycles. The van der Waals surface area contributed by atoms with E-state index >= 15 is 0 Å². The zero-order chi connectivity index (χ0) is 15.1. The van der Waals surface area contributed by atoms with E-state index in [1.807, 2.05) is 0 Å². The standard InChI is InChI=1S/C15H9F2N5/c16-11-7-13-9(3-1-5-18-13)14(17)10(11)8-22-15-12(20-21-22)4-2-6-19-15/h1-7H,8H2. The predicted molar refractivity (Wildman–Crippen MR) is 76.1 cm³/mol. The van der Waals surface area contributed by atoms with E-state index in [0.29, 0.717) is 11.2 Å². The highest BCUT2D eigenvalue weighted by Crippen LogP contribution is 2.23. The fraction of sp³-hybridized carbons (Fsp3) is 0.0667. The van der Waals surface area contributed by atoms with Crippen LogP contribution in [0.2, 0.25) is 0 Å². The predicted octanol–water partition coefficient (Wildman–Crippen LogP) is 2.70. The van der Waals surface area contributed by atoms with E-state index in [9.17, 15) is 8.78 Å². The molecule has 7 heteroatoms. The number of nitrogens with zero attached hydrogens (tertiary/aromatic N) is 5. The molecule has 4 rings (SSSR count). The van der Waals surface area contributed by atoms with Crippen molar-refractivity contribution in [2.24, 2.45) is 0 Å². The fourth-order valence-corrected chi connectivity index (χ4v) is 2.40. The Morgan fingerprint density at radius 2 is 1.82 bits per heavy atom. The van der Waals surface area contributed by atoms with Gasteiger partial charge in [-0.2, -0.15) is 0 Å². The molecule has 0 radical (unpaired) electrons. The van der Waals surface area contributed by atoms with Crippen LogP contribution in [0.1, 0.15) is 5.56 Å². The molecule has 0 atom stereocenters. The van der Waals surface area contributed by atoms with Crippen LogP contribution in [0.5, 0.6) is 0 Å². The first-order valence-electron chi connectivity index (χ1n) is 6.60. The van der Waals surface area contributed by atoms with E-state index in [-0.39, 0.29) is 23.0 Å². The molecule has 4 aromatic rings. The Morgan fingerprint density at radius 3 is 2.73 bits per heavy atom. The Hall–Kier alpha value is -2.96. The van der Waals surface area contributed by atoms with Gasteiger partial charge in [-0.25, -0.2) is 18.4 Å². The molecule has 22 heavy (non-hydrogen) atoms. The second-order valence-electron chi connectivity index (χ2n) is 4.81. The van der Waals surface area contributed by atoms with Crippen LogP contribution in [0, 0.1) is 11.6 Å². The quantitative estimate of drug-likeness (QED) is 0.571. The summed E-state index contributed by atoms with van der Waals surface area (Å²) in [6.07, 6.45) is 3.08. The summed E-state index contributed by atoms with van der Waals surface area (Å²) in [4.78, 5) is 8.10. The number of halogens is 2. The summed E-state index contributed by atoms with van der Waals surface area (Å²) in [6, 6.07) is 7.87. The molecule has 0 aliphatic rings. The Kier molecular flexibility index (Phi) is 2.78. The van der Waals surface area contributed by atoms with E-state index < -0.39 is 11.6 Å². The minimum Gasteiger partial charge on any atom is -0.256 e. The van der Waals surface area contributed by atoms with Gasteiger partial charge in [-0.1, -0.05) is 5.21 Å². The molecule has 0 spiro atoms. The minimum absolute atomic E-state index is 0.0852. The summed E-state index contributed by atoms with van der Waals surface area (Å²) in [7, 11) is 0. The number of fused-ring (bicyclic) bond motifs is 2. The molecule has 0 amide bonds. The fourth-order valence-electron chi connectivity index (χ4n) is 2.40. The maximum atomic E-state index is 14.6. The molecule has 5 nitrogen and oxygen atoms in total. The van der Waals surface area contributed by atoms with E-state index in [1.165, 1.54) is 16.9 Å². The molecule has 0 aliphatic heterocycles. The molecule has 0 aliphatic carbocycles. The average Bonchev–Trinajstić information content (AvgIpc) is 2.95. The van der Waals surface area contributed by atoms with Gasteiger partial charge in [-0.15, -0.1) is 5.10 Å². The van der Waals surface area contributed by atoms with E-state index in [2.05, 4.69) is 20.3 Å². The number of hydrogen-bond acceptors (Lipinski definition) is 4. The molecule has 1 aromatic carbocycles. The molecular weight excluding hydrogens is 288 g/mol. The van der Waals surface area contributed by atoms with Crippen LogP contribution in [-0.2, 0) is 6.54 Å². The first-order chi connectivity index (χ1) is 10.7. The third-order valence-electron chi connectivity index (χ3n) is 3.47. The van der Waals surface area contributed by atoms with Crippen LogP contribution in [-0.4, -0.2) is 25.0 Å². The lowest BCUT2D eigenvalue weighted by Gasteiger charge is -2.08. The first-order valence-corrected chi connectivity index (χ1v) is 6.60. The van der Waals surface area contributed by atoms with Gasteiger partial charge in [0, 0.05) is 29.4 Å². The van der Waals surface area contributed by atoms with Crippen molar-refractivity contribution in [2.45, 2.75) is 6.54 Å². The van der Waals surface area contributed by atoms with Gasteiger partial charge in [-0.3, -0.25) is 4.98 Å². The van der Waals surface area contributed by atoms with Gasteiger partial charge in [0.25, 0.3) is 0 Å². The van der Waals surface area contributed by atoms with Gasteiger partial charge < -0.3 is 0 Å². The smallest absolute Gasteiger partial charge is 0.178 e. The summed E-state index contributed by atoms with van der Waals surface area (Å²) >= 11 is 0. The Balaban J connectivity index is 1.88. The molecule has 0 unspecified atom stereocenters. The summed E-state index contributed by atoms with van der Waals surface area (Å²) in [5.41, 5.74) is 1.25. The zero-order valence-corrected chi connectivity index (χ0v) is 11.2. The van der Waals surface area contributed by atoms with Gasteiger partial charge in [0.05, 0.1) is 12.1 Å². The summed E-state index contributed by atoms with van der Waals surface area (Å²) in [5, 5.41) is 8.11. The van der Waals surface area contributed by atoms with E-state index in [1.54, 1.807) is 30.5 Å². The monoisotopic (exact) mass is 297 g/mol. The number of hydrogen-bond donors (Lipinski definition) is 0. The minimum atomic E-state index is -0.664. The second kappa shape index (κ2) is 4.80. The average molecular weight is 297 g/mol. The molecule has 0 bridgehead atoms. The van der Waals surface area contributed by atoms with Crippen molar-refractivity contribution in [3.8, 4) is 0 Å². The molecule has 0 saturated carbocycles. The van der Waals surface area contributed by atoms with Crippen LogP contribution in [0.3, 0.4) is 0 Å². The lowest BCUT2D eigenvalue weighted by atomic mass is 10.1. The van der Waals surface area contributed by atoms with Crippen molar-refractivity contribution in [2.75, 3.05) is 0 Å². The molecule has 0 N–H and O–H groups in total. The van der Waals surface area contributed by atoms with Crippen molar-refractivity contribution in [3.05, 3.63) is 59.9 Å². The van der Waals surface area contributed by atoms with Crippen LogP contribution in [0.4, 0.5) is 8.78 Å². The normalized spacial score (nSPS) is 11.4. The number of benzene rings is 1. The maximum absolute atomic E-state index is 14.6. The van der Waals surface area contributed by atoms with Crippen LogP contribution < -0.4 is 0 Å². The molecule has 3 heterocycles. The molecule has 0 fully saturated rings. The summed E-state index contributed by atoms with van der Waals surface area (Å²) in [5.74, 6) is -1.30. The van der Waals surface area contributed by atoms with Crippen molar-refractivity contribution in [3.63, 3.8) is 0 Å². The molecule has 3 aromatic heterocycles. The van der Waals surface area contributed by atoms with Crippen LogP contribution >= 0.6 is 0 Å².